The number of hydrogen-bond acceptors (Lipinski definition) is 9. The molecule has 0 unspecified atom stereocenters. The number of piperidine rings is 1. The number of alkyl carbamates (subject to hydrolysis) is 2. The molecule has 2 saturated carbocycles. The molecule has 374 valence electrons. The van der Waals surface area contributed by atoms with Gasteiger partial charge in [0.15, 0.2) is 0 Å². The Morgan fingerprint density at radius 3 is 1.96 bits per heavy atom. The highest BCUT2D eigenvalue weighted by molar-refractivity contribution is 6.07. The van der Waals surface area contributed by atoms with Crippen molar-refractivity contribution in [3.8, 4) is 11.1 Å². The van der Waals surface area contributed by atoms with Crippen LogP contribution in [0.25, 0.3) is 54.7 Å². The Morgan fingerprint density at radius 1 is 0.681 bits per heavy atom. The number of ether oxygens (including phenoxy) is 3. The smallest absolute Gasteiger partial charge is 0.407 e. The van der Waals surface area contributed by atoms with Gasteiger partial charge in [0.1, 0.15) is 23.7 Å². The Hall–Kier alpha value is -7.00. The van der Waals surface area contributed by atoms with Crippen molar-refractivity contribution in [2.24, 2.45) is 23.7 Å². The summed E-state index contributed by atoms with van der Waals surface area (Å²) in [7, 11) is 2.61. The van der Waals surface area contributed by atoms with Crippen molar-refractivity contribution in [3.05, 3.63) is 108 Å². The van der Waals surface area contributed by atoms with Gasteiger partial charge in [0, 0.05) is 35.9 Å². The van der Waals surface area contributed by atoms with Crippen molar-refractivity contribution in [1.82, 2.24) is 40.4 Å². The van der Waals surface area contributed by atoms with Crippen molar-refractivity contribution in [1.29, 1.82) is 0 Å². The number of methoxy groups -OCH3 is 2. The lowest BCUT2D eigenvalue weighted by Gasteiger charge is -2.36. The Kier molecular flexibility index (Phi) is 13.1. The summed E-state index contributed by atoms with van der Waals surface area (Å²) < 4.78 is 16.2. The van der Waals surface area contributed by atoms with Crippen molar-refractivity contribution in [3.63, 3.8) is 0 Å². The van der Waals surface area contributed by atoms with Crippen LogP contribution in [0.3, 0.4) is 0 Å². The van der Waals surface area contributed by atoms with Gasteiger partial charge in [0.2, 0.25) is 5.91 Å². The SMILES string of the molecule is COC(=O)N[C@H](C(=O)N1C[C@@H](COCC2CCCCC2)C[C@H]1c1nc2c(ccc3cc(-c4ccc5c(ccc6[nH]c([C@@H]7[C@@H]8CC[C@@H](C8)N7C(=O)[C@H](NC(=O)OC)c7ccccc7)nc65)c4)ccc32)[nH]1)C(C)C. The number of aromatic amines is 2. The van der Waals surface area contributed by atoms with Gasteiger partial charge in [-0.05, 0) is 108 Å². The van der Waals surface area contributed by atoms with E-state index in [1.807, 2.05) is 54.0 Å². The van der Waals surface area contributed by atoms with E-state index in [1.54, 1.807) is 0 Å². The van der Waals surface area contributed by atoms with Crippen molar-refractivity contribution >= 4 is 67.6 Å². The molecule has 5 aromatic carbocycles. The lowest BCUT2D eigenvalue weighted by Crippen LogP contribution is -2.51. The molecule has 4 aliphatic rings. The lowest BCUT2D eigenvalue weighted by molar-refractivity contribution is -0.138. The number of aromatic nitrogens is 4. The van der Waals surface area contributed by atoms with E-state index in [2.05, 4.69) is 81.3 Å². The monoisotopic (exact) mass is 972 g/mol. The highest BCUT2D eigenvalue weighted by Gasteiger charge is 2.51. The minimum Gasteiger partial charge on any atom is -0.453 e. The summed E-state index contributed by atoms with van der Waals surface area (Å²) >= 11 is 0. The number of carbonyl (C=O) groups excluding carboxylic acids is 4. The molecule has 2 aliphatic heterocycles. The van der Waals surface area contributed by atoms with Gasteiger partial charge in [0.25, 0.3) is 5.91 Å². The molecule has 72 heavy (non-hydrogen) atoms. The maximum atomic E-state index is 14.5. The molecule has 7 aromatic rings. The molecule has 0 spiro atoms. The molecule has 2 saturated heterocycles. The number of nitrogens with zero attached hydrogens (tertiary/aromatic N) is 4. The van der Waals surface area contributed by atoms with Crippen LogP contribution in [0, 0.1) is 23.7 Å². The van der Waals surface area contributed by atoms with Gasteiger partial charge in [-0.3, -0.25) is 9.59 Å². The molecule has 15 heteroatoms. The van der Waals surface area contributed by atoms with Crippen LogP contribution in [-0.4, -0.2) is 99.8 Å². The predicted octanol–water partition coefficient (Wildman–Crippen LogP) is 10.4. The van der Waals surface area contributed by atoms with E-state index in [1.165, 1.54) is 46.3 Å². The molecule has 7 atom stereocenters. The lowest BCUT2D eigenvalue weighted by atomic mass is 9.90. The van der Waals surface area contributed by atoms with Crippen molar-refractivity contribution in [2.45, 2.75) is 102 Å². The number of fused-ring (bicyclic) bond motifs is 8. The van der Waals surface area contributed by atoms with Crippen LogP contribution in [0.2, 0.25) is 0 Å². The van der Waals surface area contributed by atoms with Gasteiger partial charge in [-0.25, -0.2) is 19.6 Å². The molecule has 2 aromatic heterocycles. The molecule has 4 amide bonds. The number of benzene rings is 5. The van der Waals surface area contributed by atoms with E-state index in [4.69, 9.17) is 24.2 Å². The summed E-state index contributed by atoms with van der Waals surface area (Å²) in [4.78, 5) is 75.4. The minimum absolute atomic E-state index is 0.0569. The van der Waals surface area contributed by atoms with E-state index in [9.17, 15) is 19.2 Å². The van der Waals surface area contributed by atoms with Gasteiger partial charge in [-0.2, -0.15) is 0 Å². The zero-order chi connectivity index (χ0) is 49.6. The number of nitrogens with one attached hydrogen (secondary N) is 4. The number of carbonyl (C=O) groups is 4. The zero-order valence-corrected chi connectivity index (χ0v) is 41.5. The Bertz CT molecular complexity index is 3160. The maximum absolute atomic E-state index is 14.5. The van der Waals surface area contributed by atoms with Crippen LogP contribution < -0.4 is 10.6 Å². The first-order valence-corrected chi connectivity index (χ1v) is 25.8. The van der Waals surface area contributed by atoms with E-state index in [-0.39, 0.29) is 47.7 Å². The molecule has 2 aliphatic carbocycles. The molecule has 4 N–H and O–H groups in total. The highest BCUT2D eigenvalue weighted by Crippen LogP contribution is 2.51. The van der Waals surface area contributed by atoms with Crippen LogP contribution in [0.15, 0.2) is 91.0 Å². The third-order valence-corrected chi connectivity index (χ3v) is 16.1. The molecule has 0 radical (unpaired) electrons. The van der Waals surface area contributed by atoms with Crippen LogP contribution in [-0.2, 0) is 23.8 Å². The minimum atomic E-state index is -0.891. The number of imidazole rings is 2. The summed E-state index contributed by atoms with van der Waals surface area (Å²) in [6.45, 7) is 5.69. The second kappa shape index (κ2) is 19.9. The van der Waals surface area contributed by atoms with E-state index < -0.39 is 24.3 Å². The van der Waals surface area contributed by atoms with Gasteiger partial charge in [0.05, 0.1) is 55.0 Å². The van der Waals surface area contributed by atoms with Crippen molar-refractivity contribution in [2.75, 3.05) is 34.0 Å². The average Bonchev–Trinajstić information content (AvgIpc) is 4.28. The summed E-state index contributed by atoms with van der Waals surface area (Å²) in [6.07, 6.45) is 8.48. The third-order valence-electron chi connectivity index (χ3n) is 16.1. The number of amides is 4. The van der Waals surface area contributed by atoms with Gasteiger partial charge >= 0.3 is 12.2 Å². The molecule has 15 nitrogen and oxygen atoms in total. The molecule has 11 rings (SSSR count). The number of likely N-dealkylation sites (tertiary alicyclic amines) is 2. The summed E-state index contributed by atoms with van der Waals surface area (Å²) in [5.41, 5.74) is 6.32. The molecule has 2 bridgehead atoms. The first kappa shape index (κ1) is 47.3. The summed E-state index contributed by atoms with van der Waals surface area (Å²) in [6, 6.07) is 28.5. The fourth-order valence-electron chi connectivity index (χ4n) is 12.4. The number of rotatable bonds is 13. The molecular weight excluding hydrogens is 909 g/mol. The standard InChI is InChI=1S/C57H64N8O7/c1-32(2)47(62-56(68)70-3)54(66)64-29-34(31-72-30-33-11-7-5-8-12-33)25-46(64)52-58-44-23-18-38-26-36(16-21-42(38)49(44)60-52)37-17-22-43-39(27-37)19-24-45-50(43)61-53(59-45)51-40-15-20-41(28-40)65(51)55(67)48(63-57(69)71-4)35-13-9-6-10-14-35/h6,9-10,13-14,16-19,21-24,26-27,32-34,40-41,46-48,51H,5,7-8,11-12,15,20,25,28-31H2,1-4H3,(H,58,60)(H,59,61)(H,62,68)(H,63,69)/t34-,40+,41-,46-,47-,48+,51-/m0/s1. The molecule has 4 heterocycles. The quantitative estimate of drug-likeness (QED) is 0.0873. The van der Waals surface area contributed by atoms with Gasteiger partial charge in [-0.1, -0.05) is 99.8 Å². The van der Waals surface area contributed by atoms with E-state index in [0.29, 0.717) is 31.1 Å². The first-order valence-electron chi connectivity index (χ1n) is 25.8. The normalized spacial score (nSPS) is 22.0. The fraction of sp³-hybridized carbons (Fsp3) is 0.439. The highest BCUT2D eigenvalue weighted by atomic mass is 16.5. The van der Waals surface area contributed by atoms with E-state index >= 15 is 0 Å². The average molecular weight is 973 g/mol. The summed E-state index contributed by atoms with van der Waals surface area (Å²) in [5.74, 6) is 1.97. The summed E-state index contributed by atoms with van der Waals surface area (Å²) in [5, 5.41) is 9.71. The Labute approximate surface area is 418 Å². The van der Waals surface area contributed by atoms with Crippen LogP contribution in [0.4, 0.5) is 9.59 Å². The maximum Gasteiger partial charge on any atom is 0.407 e. The first-order chi connectivity index (χ1) is 35.0. The zero-order valence-electron chi connectivity index (χ0n) is 41.5. The largest absolute Gasteiger partial charge is 0.453 e. The Morgan fingerprint density at radius 2 is 1.31 bits per heavy atom. The number of H-pyrrole nitrogens is 2. The third kappa shape index (κ3) is 9.00. The number of hydrogen-bond donors (Lipinski definition) is 4. The van der Waals surface area contributed by atoms with Crippen LogP contribution in [0.5, 0.6) is 0 Å². The molecular formula is C57H64N8O7. The van der Waals surface area contributed by atoms with Gasteiger partial charge < -0.3 is 44.6 Å². The van der Waals surface area contributed by atoms with Crippen molar-refractivity contribution < 1.29 is 33.4 Å². The van der Waals surface area contributed by atoms with Gasteiger partial charge in [-0.15, -0.1) is 0 Å². The van der Waals surface area contributed by atoms with E-state index in [0.717, 1.165) is 92.3 Å². The predicted molar refractivity (Wildman–Crippen MR) is 276 cm³/mol. The topological polar surface area (TPSA) is 184 Å². The van der Waals surface area contributed by atoms with Crippen LogP contribution in [0.1, 0.15) is 107 Å². The second-order valence-corrected chi connectivity index (χ2v) is 20.9. The Balaban J connectivity index is 0.857. The second-order valence-electron chi connectivity index (χ2n) is 20.9. The fourth-order valence-corrected chi connectivity index (χ4v) is 12.4. The molecule has 4 fully saturated rings. The van der Waals surface area contributed by atoms with Crippen LogP contribution >= 0.6 is 0 Å².